The lowest BCUT2D eigenvalue weighted by Crippen LogP contribution is -2.47. The number of carbonyl (C=O) groups is 2. The maximum Gasteiger partial charge on any atom is 0.235 e. The first kappa shape index (κ1) is 14.9. The fourth-order valence-electron chi connectivity index (χ4n) is 1.59. The van der Waals surface area contributed by atoms with Crippen LogP contribution in [-0.4, -0.2) is 57.1 Å². The number of amides is 2. The molecule has 8 heteroatoms. The predicted molar refractivity (Wildman–Crippen MR) is 66.3 cm³/mol. The normalized spacial score (nSPS) is 16.4. The molecule has 1 aliphatic heterocycles. The minimum absolute atomic E-state index is 0.0909. The first-order valence-electron chi connectivity index (χ1n) is 5.96. The number of piperazine rings is 1. The molecule has 0 aliphatic carbocycles. The van der Waals surface area contributed by atoms with Crippen LogP contribution in [0.25, 0.3) is 0 Å². The van der Waals surface area contributed by atoms with E-state index in [1.807, 2.05) is 4.72 Å². The van der Waals surface area contributed by atoms with Crippen LogP contribution < -0.4 is 10.0 Å². The largest absolute Gasteiger partial charge is 0.340 e. The van der Waals surface area contributed by atoms with E-state index in [9.17, 15) is 18.0 Å². The van der Waals surface area contributed by atoms with Crippen molar-refractivity contribution in [1.82, 2.24) is 14.9 Å². The third kappa shape index (κ3) is 5.01. The van der Waals surface area contributed by atoms with Crippen molar-refractivity contribution >= 4 is 21.8 Å². The van der Waals surface area contributed by atoms with Gasteiger partial charge in [-0.2, -0.15) is 0 Å². The smallest absolute Gasteiger partial charge is 0.235 e. The van der Waals surface area contributed by atoms with Crippen LogP contribution in [0.15, 0.2) is 0 Å². The van der Waals surface area contributed by atoms with Gasteiger partial charge in [-0.25, -0.2) is 8.42 Å². The number of hydrogen-bond acceptors (Lipinski definition) is 5. The molecular weight excluding hydrogens is 258 g/mol. The van der Waals surface area contributed by atoms with Crippen LogP contribution in [0.2, 0.25) is 0 Å². The molecule has 0 bridgehead atoms. The Bertz CT molecular complexity index is 401. The molecule has 0 radical (unpaired) electrons. The summed E-state index contributed by atoms with van der Waals surface area (Å²) in [4.78, 5) is 24.3. The van der Waals surface area contributed by atoms with Crippen LogP contribution in [0.3, 0.4) is 0 Å². The summed E-state index contributed by atoms with van der Waals surface area (Å²) in [6.07, 6.45) is 0.0112. The maximum atomic E-state index is 11.7. The Morgan fingerprint density at radius 3 is 2.44 bits per heavy atom. The molecule has 1 fully saturated rings. The van der Waals surface area contributed by atoms with E-state index in [2.05, 4.69) is 5.32 Å². The van der Waals surface area contributed by atoms with Crippen molar-refractivity contribution in [3.05, 3.63) is 0 Å². The lowest BCUT2D eigenvalue weighted by atomic mass is 10.3. The molecule has 0 aromatic carbocycles. The summed E-state index contributed by atoms with van der Waals surface area (Å²) in [5.41, 5.74) is 0. The van der Waals surface area contributed by atoms with Crippen LogP contribution in [0.1, 0.15) is 19.8 Å². The standard InChI is InChI=1S/C10H19N3O4S/c1-2-9(14)12-18(16,17)8-3-10(15)13-6-4-11-5-7-13/h11H,2-8H2,1H3,(H,12,14). The highest BCUT2D eigenvalue weighted by Gasteiger charge is 2.20. The van der Waals surface area contributed by atoms with Crippen molar-refractivity contribution in [2.45, 2.75) is 19.8 Å². The number of carbonyl (C=O) groups excluding carboxylic acids is 2. The first-order valence-corrected chi connectivity index (χ1v) is 7.61. The maximum absolute atomic E-state index is 11.7. The molecule has 0 aromatic heterocycles. The van der Waals surface area contributed by atoms with Gasteiger partial charge in [0.25, 0.3) is 0 Å². The zero-order valence-corrected chi connectivity index (χ0v) is 11.3. The van der Waals surface area contributed by atoms with Gasteiger partial charge < -0.3 is 10.2 Å². The molecular formula is C10H19N3O4S. The summed E-state index contributed by atoms with van der Waals surface area (Å²) in [7, 11) is -3.69. The highest BCUT2D eigenvalue weighted by Crippen LogP contribution is 1.99. The van der Waals surface area contributed by atoms with Gasteiger partial charge in [-0.3, -0.25) is 14.3 Å². The third-order valence-electron chi connectivity index (χ3n) is 2.64. The minimum atomic E-state index is -3.69. The second-order valence-corrected chi connectivity index (χ2v) is 5.92. The number of hydrogen-bond donors (Lipinski definition) is 2. The van der Waals surface area contributed by atoms with E-state index in [0.29, 0.717) is 13.1 Å². The van der Waals surface area contributed by atoms with Crippen LogP contribution >= 0.6 is 0 Å². The van der Waals surface area contributed by atoms with Crippen molar-refractivity contribution in [1.29, 1.82) is 0 Å². The van der Waals surface area contributed by atoms with Gasteiger partial charge in [-0.1, -0.05) is 6.92 Å². The summed E-state index contributed by atoms with van der Waals surface area (Å²) in [6, 6.07) is 0. The Labute approximate surface area is 107 Å². The van der Waals surface area contributed by atoms with Gasteiger partial charge in [0.15, 0.2) is 0 Å². The van der Waals surface area contributed by atoms with Crippen LogP contribution in [0, 0.1) is 0 Å². The predicted octanol–water partition coefficient (Wildman–Crippen LogP) is -1.34. The average molecular weight is 277 g/mol. The van der Waals surface area contributed by atoms with Gasteiger partial charge in [-0.15, -0.1) is 0 Å². The van der Waals surface area contributed by atoms with Crippen molar-refractivity contribution in [2.24, 2.45) is 0 Å². The van der Waals surface area contributed by atoms with Crippen LogP contribution in [0.4, 0.5) is 0 Å². The zero-order valence-electron chi connectivity index (χ0n) is 10.4. The second-order valence-electron chi connectivity index (χ2n) is 4.08. The second kappa shape index (κ2) is 6.69. The van der Waals surface area contributed by atoms with Gasteiger partial charge in [0.2, 0.25) is 21.8 Å². The molecule has 1 rings (SSSR count). The summed E-state index contributed by atoms with van der Waals surface area (Å²) in [6.45, 7) is 4.22. The Morgan fingerprint density at radius 2 is 1.89 bits per heavy atom. The Balaban J connectivity index is 2.39. The molecule has 104 valence electrons. The lowest BCUT2D eigenvalue weighted by molar-refractivity contribution is -0.131. The third-order valence-corrected chi connectivity index (χ3v) is 3.93. The molecule has 0 saturated carbocycles. The summed E-state index contributed by atoms with van der Waals surface area (Å²) in [5, 5.41) is 3.11. The summed E-state index contributed by atoms with van der Waals surface area (Å²) < 4.78 is 24.9. The molecule has 1 aliphatic rings. The summed E-state index contributed by atoms with van der Waals surface area (Å²) >= 11 is 0. The number of nitrogens with one attached hydrogen (secondary N) is 2. The van der Waals surface area contributed by atoms with Gasteiger partial charge in [0.05, 0.1) is 5.75 Å². The van der Waals surface area contributed by atoms with E-state index < -0.39 is 15.9 Å². The van der Waals surface area contributed by atoms with E-state index >= 15 is 0 Å². The molecule has 0 atom stereocenters. The average Bonchev–Trinajstić information content (AvgIpc) is 2.36. The molecule has 0 unspecified atom stereocenters. The molecule has 0 aromatic rings. The van der Waals surface area contributed by atoms with Gasteiger partial charge in [-0.05, 0) is 0 Å². The molecule has 7 nitrogen and oxygen atoms in total. The van der Waals surface area contributed by atoms with E-state index in [-0.39, 0.29) is 24.5 Å². The molecule has 0 spiro atoms. The number of rotatable bonds is 5. The highest BCUT2D eigenvalue weighted by molar-refractivity contribution is 7.90. The monoisotopic (exact) mass is 277 g/mol. The van der Waals surface area contributed by atoms with Crippen molar-refractivity contribution in [2.75, 3.05) is 31.9 Å². The Kier molecular flexibility index (Phi) is 5.54. The Hall–Kier alpha value is -1.15. The van der Waals surface area contributed by atoms with Crippen LogP contribution in [-0.2, 0) is 19.6 Å². The van der Waals surface area contributed by atoms with E-state index in [1.54, 1.807) is 11.8 Å². The zero-order chi connectivity index (χ0) is 13.6. The molecule has 18 heavy (non-hydrogen) atoms. The van der Waals surface area contributed by atoms with E-state index in [4.69, 9.17) is 0 Å². The number of sulfonamides is 1. The van der Waals surface area contributed by atoms with E-state index in [1.165, 1.54) is 0 Å². The number of nitrogens with zero attached hydrogens (tertiary/aromatic N) is 1. The van der Waals surface area contributed by atoms with Gasteiger partial charge in [0.1, 0.15) is 0 Å². The fraction of sp³-hybridized carbons (Fsp3) is 0.800. The molecule has 2 amide bonds. The molecule has 1 saturated heterocycles. The molecule has 2 N–H and O–H groups in total. The fourth-order valence-corrected chi connectivity index (χ4v) is 2.63. The first-order chi connectivity index (χ1) is 8.44. The van der Waals surface area contributed by atoms with Crippen molar-refractivity contribution in [3.63, 3.8) is 0 Å². The Morgan fingerprint density at radius 1 is 1.28 bits per heavy atom. The van der Waals surface area contributed by atoms with Crippen LogP contribution in [0.5, 0.6) is 0 Å². The van der Waals surface area contributed by atoms with Gasteiger partial charge >= 0.3 is 0 Å². The summed E-state index contributed by atoms with van der Waals surface area (Å²) in [5.74, 6) is -1.09. The van der Waals surface area contributed by atoms with E-state index in [0.717, 1.165) is 13.1 Å². The van der Waals surface area contributed by atoms with Crippen molar-refractivity contribution < 1.29 is 18.0 Å². The van der Waals surface area contributed by atoms with Gasteiger partial charge in [0, 0.05) is 39.0 Å². The molecule has 1 heterocycles. The lowest BCUT2D eigenvalue weighted by Gasteiger charge is -2.27. The highest BCUT2D eigenvalue weighted by atomic mass is 32.2. The quantitative estimate of drug-likeness (QED) is 0.649. The minimum Gasteiger partial charge on any atom is -0.340 e. The SMILES string of the molecule is CCC(=O)NS(=O)(=O)CCC(=O)N1CCNCC1. The topological polar surface area (TPSA) is 95.6 Å². The van der Waals surface area contributed by atoms with Crippen molar-refractivity contribution in [3.8, 4) is 0 Å².